The highest BCUT2D eigenvalue weighted by molar-refractivity contribution is 7.03. The lowest BCUT2D eigenvalue weighted by Gasteiger charge is -2.45. The molecule has 2 aliphatic heterocycles. The molecule has 0 saturated heterocycles. The van der Waals surface area contributed by atoms with Crippen molar-refractivity contribution in [1.82, 2.24) is 9.97 Å². The Balaban J connectivity index is 1.11. The first kappa shape index (κ1) is 39.1. The van der Waals surface area contributed by atoms with E-state index in [9.17, 15) is 0 Å². The van der Waals surface area contributed by atoms with Crippen LogP contribution in [0.4, 0.5) is 34.1 Å². The molecule has 2 aliphatic rings. The largest absolute Gasteiger partial charge is 0.311 e. The maximum absolute atomic E-state index is 5.51. The topological polar surface area (TPSA) is 32.3 Å². The molecule has 14 rings (SSSR count). The van der Waals surface area contributed by atoms with E-state index in [1.54, 1.807) is 0 Å². The molecule has 12 aromatic rings. The highest BCUT2D eigenvalue weighted by Gasteiger charge is 2.45. The van der Waals surface area contributed by atoms with Gasteiger partial charge < -0.3 is 9.80 Å². The predicted molar refractivity (Wildman–Crippen MR) is 290 cm³/mol. The van der Waals surface area contributed by atoms with Crippen LogP contribution >= 0.6 is 0 Å². The maximum Gasteiger partial charge on any atom is 0.253 e. The van der Waals surface area contributed by atoms with Gasteiger partial charge in [-0.3, -0.25) is 0 Å². The molecule has 69 heavy (non-hydrogen) atoms. The quantitative estimate of drug-likeness (QED) is 0.156. The summed E-state index contributed by atoms with van der Waals surface area (Å²) in [4.78, 5) is 15.7. The molecule has 1 aromatic heterocycles. The van der Waals surface area contributed by atoms with Crippen molar-refractivity contribution in [2.75, 3.05) is 9.80 Å². The predicted octanol–water partition coefficient (Wildman–Crippen LogP) is 14.7. The van der Waals surface area contributed by atoms with E-state index >= 15 is 0 Å². The molecule has 0 radical (unpaired) electrons. The van der Waals surface area contributed by atoms with E-state index in [2.05, 4.69) is 252 Å². The van der Waals surface area contributed by atoms with Crippen LogP contribution < -0.4 is 26.2 Å². The molecular weight excluding hydrogens is 836 g/mol. The molecule has 0 spiro atoms. The molecule has 0 bridgehead atoms. The third-order valence-electron chi connectivity index (χ3n) is 14.2. The van der Waals surface area contributed by atoms with E-state index in [1.165, 1.54) is 71.6 Å². The van der Waals surface area contributed by atoms with Crippen molar-refractivity contribution in [3.63, 3.8) is 0 Å². The van der Waals surface area contributed by atoms with Gasteiger partial charge in [-0.05, 0) is 115 Å². The number of nitrogens with zero attached hydrogens (tertiary/aromatic N) is 4. The lowest BCUT2D eigenvalue weighted by Crippen LogP contribution is -2.61. The Bertz CT molecular complexity index is 3760. The number of hydrogen-bond donors (Lipinski definition) is 0. The van der Waals surface area contributed by atoms with Crippen molar-refractivity contribution in [3.8, 4) is 44.9 Å². The Kier molecular flexibility index (Phi) is 8.96. The van der Waals surface area contributed by atoms with Gasteiger partial charge in [-0.25, -0.2) is 9.97 Å². The van der Waals surface area contributed by atoms with Gasteiger partial charge in [0.2, 0.25) is 0 Å². The number of benzene rings is 11. The number of rotatable bonds is 6. The Hall–Kier alpha value is -9.06. The lowest BCUT2D eigenvalue weighted by atomic mass is 9.32. The van der Waals surface area contributed by atoms with Crippen LogP contribution in [0.25, 0.3) is 77.3 Å². The zero-order valence-electron chi connectivity index (χ0n) is 37.5. The zero-order valence-corrected chi connectivity index (χ0v) is 37.5. The van der Waals surface area contributed by atoms with Gasteiger partial charge in [0.05, 0.1) is 11.2 Å². The van der Waals surface area contributed by atoms with Crippen molar-refractivity contribution in [1.29, 1.82) is 0 Å². The molecule has 3 heterocycles. The average Bonchev–Trinajstić information content (AvgIpc) is 3.43. The molecule has 4 nitrogen and oxygen atoms in total. The van der Waals surface area contributed by atoms with Crippen molar-refractivity contribution in [2.24, 2.45) is 0 Å². The van der Waals surface area contributed by atoms with E-state index in [0.29, 0.717) is 5.82 Å². The van der Waals surface area contributed by atoms with Gasteiger partial charge in [0.1, 0.15) is 0 Å². The summed E-state index contributed by atoms with van der Waals surface area (Å²) in [5, 5.41) is 5.95. The fraction of sp³-hybridized carbons (Fsp3) is 0. The highest BCUT2D eigenvalue weighted by Crippen LogP contribution is 2.48. The normalized spacial score (nSPS) is 12.6. The molecule has 0 atom stereocenters. The van der Waals surface area contributed by atoms with E-state index < -0.39 is 0 Å². The van der Waals surface area contributed by atoms with Gasteiger partial charge in [-0.1, -0.05) is 194 Å². The van der Waals surface area contributed by atoms with Crippen LogP contribution in [0.1, 0.15) is 0 Å². The summed E-state index contributed by atoms with van der Waals surface area (Å²) >= 11 is 0. The van der Waals surface area contributed by atoms with Crippen LogP contribution in [-0.4, -0.2) is 16.7 Å². The molecule has 0 N–H and O–H groups in total. The lowest BCUT2D eigenvalue weighted by molar-refractivity contribution is 1.22. The third-order valence-corrected chi connectivity index (χ3v) is 14.2. The Morgan fingerprint density at radius 2 is 0.710 bits per heavy atom. The third kappa shape index (κ3) is 6.32. The molecule has 0 amide bonds. The van der Waals surface area contributed by atoms with Crippen molar-refractivity contribution < 1.29 is 0 Å². The van der Waals surface area contributed by atoms with Crippen molar-refractivity contribution in [3.05, 3.63) is 249 Å². The summed E-state index contributed by atoms with van der Waals surface area (Å²) < 4.78 is 0. The highest BCUT2D eigenvalue weighted by atomic mass is 15.2. The molecule has 5 heteroatoms. The number of aromatic nitrogens is 2. The fourth-order valence-corrected chi connectivity index (χ4v) is 11.1. The minimum atomic E-state index is -0.104. The molecule has 0 aliphatic carbocycles. The van der Waals surface area contributed by atoms with Gasteiger partial charge in [0.15, 0.2) is 5.82 Å². The summed E-state index contributed by atoms with van der Waals surface area (Å²) in [6.07, 6.45) is 0. The molecule has 0 saturated carbocycles. The second-order valence-corrected chi connectivity index (χ2v) is 18.1. The van der Waals surface area contributed by atoms with E-state index in [-0.39, 0.29) is 6.71 Å². The van der Waals surface area contributed by atoms with E-state index in [1.807, 2.05) is 6.07 Å². The first-order chi connectivity index (χ1) is 34.2. The zero-order chi connectivity index (χ0) is 45.4. The molecule has 11 aromatic carbocycles. The van der Waals surface area contributed by atoms with Gasteiger partial charge in [0.25, 0.3) is 6.71 Å². The standard InChI is InChI=1S/C64H41BN4/c1-4-16-42(17-5-1)44-28-34-50(35-29-44)68-56-38-32-46-20-10-12-24-52(46)60(56)65-61-53-25-13-11-21-47(53)33-39-57(61)69(51-36-30-45(31-37-51)43-18-6-2-7-19-43)59-41-49(40-58(68)62(59)65)63-54-26-14-15-27-55(54)66-64(67-63)48-22-8-3-9-23-48/h1-41H. The smallest absolute Gasteiger partial charge is 0.253 e. The number of fused-ring (bicyclic) bond motifs is 9. The second-order valence-electron chi connectivity index (χ2n) is 18.1. The Morgan fingerprint density at radius 1 is 0.290 bits per heavy atom. The summed E-state index contributed by atoms with van der Waals surface area (Å²) in [5.74, 6) is 0.698. The summed E-state index contributed by atoms with van der Waals surface area (Å²) in [7, 11) is 0. The SMILES string of the molecule is c1ccc(-c2ccc(N3c4cc(-c5nc(-c6ccccc6)nc6ccccc56)cc5c4B(c4c3ccc3ccccc43)c3c(ccc4ccccc34)N5c3ccc(-c4ccccc4)cc3)cc2)cc1. The Morgan fingerprint density at radius 3 is 1.22 bits per heavy atom. The number of hydrogen-bond acceptors (Lipinski definition) is 4. The molecule has 0 unspecified atom stereocenters. The molecular formula is C64H41BN4. The van der Waals surface area contributed by atoms with Crippen molar-refractivity contribution >= 4 is 89.7 Å². The first-order valence-corrected chi connectivity index (χ1v) is 23.7. The van der Waals surface area contributed by atoms with Gasteiger partial charge >= 0.3 is 0 Å². The second kappa shape index (κ2) is 15.8. The van der Waals surface area contributed by atoms with Gasteiger partial charge in [-0.15, -0.1) is 0 Å². The fourth-order valence-electron chi connectivity index (χ4n) is 11.1. The summed E-state index contributed by atoms with van der Waals surface area (Å²) in [6, 6.07) is 90.3. The van der Waals surface area contributed by atoms with Crippen LogP contribution in [0, 0.1) is 0 Å². The summed E-state index contributed by atoms with van der Waals surface area (Å²) in [5.41, 5.74) is 19.1. The minimum absolute atomic E-state index is 0.104. The first-order valence-electron chi connectivity index (χ1n) is 23.7. The van der Waals surface area contributed by atoms with E-state index in [4.69, 9.17) is 9.97 Å². The number of para-hydroxylation sites is 1. The molecule has 0 fully saturated rings. The van der Waals surface area contributed by atoms with Crippen molar-refractivity contribution in [2.45, 2.75) is 0 Å². The van der Waals surface area contributed by atoms with Crippen LogP contribution in [0.2, 0.25) is 0 Å². The van der Waals surface area contributed by atoms with Crippen LogP contribution in [-0.2, 0) is 0 Å². The van der Waals surface area contributed by atoms with Gasteiger partial charge in [-0.2, -0.15) is 0 Å². The maximum atomic E-state index is 5.51. The van der Waals surface area contributed by atoms with E-state index in [0.717, 1.165) is 50.5 Å². The Labute approximate surface area is 401 Å². The monoisotopic (exact) mass is 876 g/mol. The minimum Gasteiger partial charge on any atom is -0.311 e. The summed E-state index contributed by atoms with van der Waals surface area (Å²) in [6.45, 7) is -0.104. The van der Waals surface area contributed by atoms with Crippen LogP contribution in [0.15, 0.2) is 249 Å². The molecule has 320 valence electrons. The average molecular weight is 877 g/mol. The van der Waals surface area contributed by atoms with Crippen LogP contribution in [0.3, 0.4) is 0 Å². The van der Waals surface area contributed by atoms with Crippen LogP contribution in [0.5, 0.6) is 0 Å². The van der Waals surface area contributed by atoms with Gasteiger partial charge in [0, 0.05) is 50.6 Å². The number of anilines is 6.